The van der Waals surface area contributed by atoms with E-state index in [1.54, 1.807) is 31.7 Å². The molecule has 0 saturated heterocycles. The number of rotatable bonds is 15. The van der Waals surface area contributed by atoms with Crippen LogP contribution in [0.5, 0.6) is 0 Å². The molecule has 8 heteroatoms. The molecule has 3 atom stereocenters. The molecule has 7 nitrogen and oxygen atoms in total. The molecule has 0 aliphatic rings. The van der Waals surface area contributed by atoms with Gasteiger partial charge in [-0.2, -0.15) is 0 Å². The minimum atomic E-state index is -0.944. The fourth-order valence-electron chi connectivity index (χ4n) is 5.23. The Kier molecular flexibility index (Phi) is 14.7. The third-order valence-corrected chi connectivity index (χ3v) is 8.47. The first kappa shape index (κ1) is 37.1. The van der Waals surface area contributed by atoms with Crippen molar-refractivity contribution >= 4 is 35.2 Å². The van der Waals surface area contributed by atoms with Crippen LogP contribution in [-0.4, -0.2) is 41.0 Å². The fraction of sp³-hybridized carbons (Fsp3) is 0.583. The highest BCUT2D eigenvalue weighted by Crippen LogP contribution is 2.32. The Labute approximate surface area is 270 Å². The van der Waals surface area contributed by atoms with Gasteiger partial charge in [0.25, 0.3) is 5.91 Å². The lowest BCUT2D eigenvalue weighted by Gasteiger charge is -2.37. The van der Waals surface area contributed by atoms with Crippen molar-refractivity contribution in [3.63, 3.8) is 0 Å². The van der Waals surface area contributed by atoms with Gasteiger partial charge >= 0.3 is 6.09 Å². The molecule has 0 fully saturated rings. The molecule has 244 valence electrons. The van der Waals surface area contributed by atoms with Gasteiger partial charge in [0.2, 0.25) is 5.91 Å². The zero-order valence-corrected chi connectivity index (χ0v) is 29.1. The SMILES string of the molecule is CCCCCCCCN(C(=O)C(NC(=O)OC(C)(C)C)C(C)CC)C(C(=O)Nc1c(C)cccc1Cl)c1cccc(C)c1C. The van der Waals surface area contributed by atoms with E-state index in [2.05, 4.69) is 17.6 Å². The Balaban J connectivity index is 2.63. The molecule has 0 aliphatic carbocycles. The molecule has 3 amide bonds. The minimum absolute atomic E-state index is 0.199. The number of amides is 3. The number of nitrogens with one attached hydrogen (secondary N) is 2. The van der Waals surface area contributed by atoms with Gasteiger partial charge in [0, 0.05) is 6.54 Å². The molecular formula is C36H54ClN3O4. The van der Waals surface area contributed by atoms with Crippen molar-refractivity contribution < 1.29 is 19.1 Å². The quantitative estimate of drug-likeness (QED) is 0.193. The summed E-state index contributed by atoms with van der Waals surface area (Å²) in [6, 6.07) is 9.46. The third kappa shape index (κ3) is 10.8. The monoisotopic (exact) mass is 627 g/mol. The van der Waals surface area contributed by atoms with Gasteiger partial charge in [-0.1, -0.05) is 101 Å². The van der Waals surface area contributed by atoms with Crippen LogP contribution in [0, 0.1) is 26.7 Å². The van der Waals surface area contributed by atoms with Crippen molar-refractivity contribution in [2.45, 2.75) is 125 Å². The van der Waals surface area contributed by atoms with Crippen molar-refractivity contribution in [2.75, 3.05) is 11.9 Å². The van der Waals surface area contributed by atoms with E-state index in [1.807, 2.05) is 65.0 Å². The minimum Gasteiger partial charge on any atom is -0.444 e. The van der Waals surface area contributed by atoms with Gasteiger partial charge in [-0.25, -0.2) is 4.79 Å². The van der Waals surface area contributed by atoms with Gasteiger partial charge in [-0.15, -0.1) is 0 Å². The number of hydrogen-bond acceptors (Lipinski definition) is 4. The lowest BCUT2D eigenvalue weighted by Crippen LogP contribution is -2.55. The molecule has 0 heterocycles. The second kappa shape index (κ2) is 17.4. The molecule has 3 unspecified atom stereocenters. The summed E-state index contributed by atoms with van der Waals surface area (Å²) < 4.78 is 5.55. The van der Waals surface area contributed by atoms with Gasteiger partial charge in [-0.05, 0) is 82.2 Å². The van der Waals surface area contributed by atoms with E-state index in [4.69, 9.17) is 16.3 Å². The van der Waals surface area contributed by atoms with E-state index in [1.165, 1.54) is 6.42 Å². The van der Waals surface area contributed by atoms with Crippen molar-refractivity contribution in [1.82, 2.24) is 10.2 Å². The first-order valence-corrected chi connectivity index (χ1v) is 16.5. The number of carbonyl (C=O) groups excluding carboxylic acids is 3. The van der Waals surface area contributed by atoms with Crippen LogP contribution in [0.2, 0.25) is 5.02 Å². The molecule has 0 aromatic heterocycles. The number of aryl methyl sites for hydroxylation is 2. The lowest BCUT2D eigenvalue weighted by atomic mass is 9.92. The summed E-state index contributed by atoms with van der Waals surface area (Å²) in [4.78, 5) is 43.7. The van der Waals surface area contributed by atoms with Crippen molar-refractivity contribution in [1.29, 1.82) is 0 Å². The molecule has 2 N–H and O–H groups in total. The molecular weight excluding hydrogens is 574 g/mol. The van der Waals surface area contributed by atoms with E-state index in [0.29, 0.717) is 23.7 Å². The second-order valence-corrected chi connectivity index (χ2v) is 13.3. The molecule has 0 radical (unpaired) electrons. The van der Waals surface area contributed by atoms with Gasteiger partial charge in [-0.3, -0.25) is 9.59 Å². The maximum Gasteiger partial charge on any atom is 0.408 e. The van der Waals surface area contributed by atoms with Gasteiger partial charge < -0.3 is 20.3 Å². The van der Waals surface area contributed by atoms with E-state index < -0.39 is 23.8 Å². The number of hydrogen-bond donors (Lipinski definition) is 2. The van der Waals surface area contributed by atoms with E-state index in [-0.39, 0.29) is 17.7 Å². The molecule has 0 spiro atoms. The number of unbranched alkanes of at least 4 members (excludes halogenated alkanes) is 5. The van der Waals surface area contributed by atoms with Gasteiger partial charge in [0.1, 0.15) is 17.7 Å². The van der Waals surface area contributed by atoms with Crippen molar-refractivity contribution in [3.8, 4) is 0 Å². The number of para-hydroxylation sites is 1. The highest BCUT2D eigenvalue weighted by Gasteiger charge is 2.38. The summed E-state index contributed by atoms with van der Waals surface area (Å²) in [5.74, 6) is -0.861. The molecule has 2 rings (SSSR count). The molecule has 2 aromatic rings. The summed E-state index contributed by atoms with van der Waals surface area (Å²) in [7, 11) is 0. The van der Waals surface area contributed by atoms with Crippen LogP contribution in [-0.2, 0) is 14.3 Å². The molecule has 0 bridgehead atoms. The molecule has 0 aliphatic heterocycles. The molecule has 0 saturated carbocycles. The number of benzene rings is 2. The third-order valence-electron chi connectivity index (χ3n) is 8.16. The van der Waals surface area contributed by atoms with Crippen LogP contribution in [0.4, 0.5) is 10.5 Å². The van der Waals surface area contributed by atoms with Crippen LogP contribution >= 0.6 is 11.6 Å². The highest BCUT2D eigenvalue weighted by atomic mass is 35.5. The number of nitrogens with zero attached hydrogens (tertiary/aromatic N) is 1. The fourth-order valence-corrected chi connectivity index (χ4v) is 5.50. The molecule has 44 heavy (non-hydrogen) atoms. The van der Waals surface area contributed by atoms with Crippen LogP contribution in [0.15, 0.2) is 36.4 Å². The first-order chi connectivity index (χ1) is 20.7. The summed E-state index contributed by atoms with van der Waals surface area (Å²) >= 11 is 6.53. The van der Waals surface area contributed by atoms with Crippen LogP contribution in [0.3, 0.4) is 0 Å². The molecule has 2 aromatic carbocycles. The summed E-state index contributed by atoms with van der Waals surface area (Å²) in [6.07, 6.45) is 6.16. The average molecular weight is 628 g/mol. The Bertz CT molecular complexity index is 1240. The maximum atomic E-state index is 14.7. The lowest BCUT2D eigenvalue weighted by molar-refractivity contribution is -0.142. The predicted octanol–water partition coefficient (Wildman–Crippen LogP) is 9.07. The Morgan fingerprint density at radius 3 is 2.14 bits per heavy atom. The Morgan fingerprint density at radius 1 is 0.909 bits per heavy atom. The van der Waals surface area contributed by atoms with E-state index in [9.17, 15) is 14.4 Å². The van der Waals surface area contributed by atoms with Gasteiger partial charge in [0.15, 0.2) is 0 Å². The largest absolute Gasteiger partial charge is 0.444 e. The normalized spacial score (nSPS) is 13.5. The van der Waals surface area contributed by atoms with E-state index in [0.717, 1.165) is 54.4 Å². The average Bonchev–Trinajstić information content (AvgIpc) is 2.95. The van der Waals surface area contributed by atoms with Crippen LogP contribution in [0.25, 0.3) is 0 Å². The Morgan fingerprint density at radius 2 is 1.52 bits per heavy atom. The smallest absolute Gasteiger partial charge is 0.408 e. The van der Waals surface area contributed by atoms with E-state index >= 15 is 0 Å². The zero-order chi connectivity index (χ0) is 33.0. The number of halogens is 1. The summed E-state index contributed by atoms with van der Waals surface area (Å²) in [6.45, 7) is 17.7. The zero-order valence-electron chi connectivity index (χ0n) is 28.3. The number of carbonyl (C=O) groups is 3. The standard InChI is InChI=1S/C36H54ClN3O4/c1-10-12-13-14-15-16-23-40(34(42)31(24(3)11-2)39-35(43)44-36(7,8)9)32(28-21-17-19-25(4)27(28)6)33(41)38-30-26(5)20-18-22-29(30)37/h17-22,24,31-32H,10-16,23H2,1-9H3,(H,38,41)(H,39,43). The van der Waals surface area contributed by atoms with Crippen molar-refractivity contribution in [3.05, 3.63) is 63.7 Å². The van der Waals surface area contributed by atoms with Gasteiger partial charge in [0.05, 0.1) is 10.7 Å². The Hall–Kier alpha value is -3.06. The second-order valence-electron chi connectivity index (χ2n) is 12.9. The topological polar surface area (TPSA) is 87.7 Å². The predicted molar refractivity (Wildman–Crippen MR) is 181 cm³/mol. The number of anilines is 1. The highest BCUT2D eigenvalue weighted by molar-refractivity contribution is 6.34. The number of alkyl carbamates (subject to hydrolysis) is 1. The van der Waals surface area contributed by atoms with Crippen LogP contribution < -0.4 is 10.6 Å². The first-order valence-electron chi connectivity index (χ1n) is 16.1. The summed E-state index contributed by atoms with van der Waals surface area (Å²) in [5.41, 5.74) is 3.32. The van der Waals surface area contributed by atoms with Crippen molar-refractivity contribution in [2.24, 2.45) is 5.92 Å². The van der Waals surface area contributed by atoms with Crippen LogP contribution in [0.1, 0.15) is 115 Å². The number of ether oxygens (including phenoxy) is 1. The summed E-state index contributed by atoms with van der Waals surface area (Å²) in [5, 5.41) is 6.34. The maximum absolute atomic E-state index is 14.7.